The van der Waals surface area contributed by atoms with Crippen molar-refractivity contribution in [2.45, 2.75) is 12.8 Å². The lowest BCUT2D eigenvalue weighted by Crippen LogP contribution is -2.46. The second kappa shape index (κ2) is 6.75. The summed E-state index contributed by atoms with van der Waals surface area (Å²) in [5.74, 6) is 0.163. The van der Waals surface area contributed by atoms with Gasteiger partial charge in [-0.1, -0.05) is 0 Å². The van der Waals surface area contributed by atoms with Crippen LogP contribution in [-0.2, 0) is 4.79 Å². The average Bonchev–Trinajstić information content (AvgIpc) is 3.49. The molecule has 0 bridgehead atoms. The number of benzene rings is 2. The summed E-state index contributed by atoms with van der Waals surface area (Å²) in [6.07, 6.45) is 2.03. The molecule has 1 saturated carbocycles. The van der Waals surface area contributed by atoms with Gasteiger partial charge in [-0.05, 0) is 61.4 Å². The highest BCUT2D eigenvalue weighted by Gasteiger charge is 2.29. The minimum absolute atomic E-state index is 0.140. The van der Waals surface area contributed by atoms with Crippen molar-refractivity contribution in [1.82, 2.24) is 0 Å². The Bertz CT molecular complexity index is 733. The maximum atomic E-state index is 13.0. The molecule has 130 valence electrons. The molecule has 1 heterocycles. The SMILES string of the molecule is O=C(Nc1ccc(N2CCN(c3ccc(F)cc3)CC2)cc1)C1CC1. The van der Waals surface area contributed by atoms with E-state index in [1.165, 1.54) is 17.8 Å². The van der Waals surface area contributed by atoms with Crippen molar-refractivity contribution in [3.63, 3.8) is 0 Å². The topological polar surface area (TPSA) is 35.6 Å². The Labute approximate surface area is 147 Å². The van der Waals surface area contributed by atoms with Gasteiger partial charge in [0.2, 0.25) is 5.91 Å². The molecule has 0 aromatic heterocycles. The number of amides is 1. The number of nitrogens with one attached hydrogen (secondary N) is 1. The molecule has 4 nitrogen and oxygen atoms in total. The Morgan fingerprint density at radius 2 is 1.32 bits per heavy atom. The van der Waals surface area contributed by atoms with Crippen LogP contribution in [0.3, 0.4) is 0 Å². The van der Waals surface area contributed by atoms with Gasteiger partial charge in [-0.3, -0.25) is 4.79 Å². The molecule has 2 aromatic carbocycles. The Kier molecular flexibility index (Phi) is 4.30. The van der Waals surface area contributed by atoms with E-state index in [4.69, 9.17) is 0 Å². The van der Waals surface area contributed by atoms with Crippen molar-refractivity contribution in [1.29, 1.82) is 0 Å². The first-order valence-electron chi connectivity index (χ1n) is 8.85. The Balaban J connectivity index is 1.34. The summed E-state index contributed by atoms with van der Waals surface area (Å²) in [6.45, 7) is 3.66. The van der Waals surface area contributed by atoms with Gasteiger partial charge in [0, 0.05) is 49.2 Å². The number of anilines is 3. The summed E-state index contributed by atoms with van der Waals surface area (Å²) in [7, 11) is 0. The third-order valence-electron chi connectivity index (χ3n) is 4.92. The first kappa shape index (κ1) is 15.9. The summed E-state index contributed by atoms with van der Waals surface area (Å²) >= 11 is 0. The molecule has 4 rings (SSSR count). The van der Waals surface area contributed by atoms with Gasteiger partial charge in [-0.15, -0.1) is 0 Å². The van der Waals surface area contributed by atoms with E-state index in [2.05, 4.69) is 27.2 Å². The van der Waals surface area contributed by atoms with Crippen molar-refractivity contribution in [2.75, 3.05) is 41.3 Å². The van der Waals surface area contributed by atoms with Gasteiger partial charge in [-0.2, -0.15) is 0 Å². The summed E-state index contributed by atoms with van der Waals surface area (Å²) in [4.78, 5) is 16.4. The first-order valence-corrected chi connectivity index (χ1v) is 8.85. The van der Waals surface area contributed by atoms with E-state index in [9.17, 15) is 9.18 Å². The van der Waals surface area contributed by atoms with E-state index < -0.39 is 0 Å². The average molecular weight is 339 g/mol. The summed E-state index contributed by atoms with van der Waals surface area (Å²) in [6, 6.07) is 14.8. The van der Waals surface area contributed by atoms with Crippen molar-refractivity contribution >= 4 is 23.0 Å². The third kappa shape index (κ3) is 3.76. The molecule has 25 heavy (non-hydrogen) atoms. The molecule has 1 saturated heterocycles. The quantitative estimate of drug-likeness (QED) is 0.926. The predicted octanol–water partition coefficient (Wildman–Crippen LogP) is 3.50. The fourth-order valence-corrected chi connectivity index (χ4v) is 3.22. The maximum absolute atomic E-state index is 13.0. The molecule has 0 radical (unpaired) electrons. The molecular weight excluding hydrogens is 317 g/mol. The number of carbonyl (C=O) groups excluding carboxylic acids is 1. The number of rotatable bonds is 4. The number of nitrogens with zero attached hydrogens (tertiary/aromatic N) is 2. The highest BCUT2D eigenvalue weighted by atomic mass is 19.1. The van der Waals surface area contributed by atoms with Gasteiger partial charge in [0.05, 0.1) is 0 Å². The van der Waals surface area contributed by atoms with Gasteiger partial charge in [0.1, 0.15) is 5.82 Å². The fraction of sp³-hybridized carbons (Fsp3) is 0.350. The van der Waals surface area contributed by atoms with Crippen LogP contribution in [-0.4, -0.2) is 32.1 Å². The lowest BCUT2D eigenvalue weighted by Gasteiger charge is -2.37. The lowest BCUT2D eigenvalue weighted by atomic mass is 10.2. The maximum Gasteiger partial charge on any atom is 0.227 e. The highest BCUT2D eigenvalue weighted by Crippen LogP contribution is 2.30. The van der Waals surface area contributed by atoms with Crippen LogP contribution < -0.4 is 15.1 Å². The molecule has 2 aromatic rings. The Hall–Kier alpha value is -2.56. The van der Waals surface area contributed by atoms with Crippen LogP contribution in [0.4, 0.5) is 21.5 Å². The standard InChI is InChI=1S/C20H22FN3O/c21-16-3-7-18(8-4-16)23-11-13-24(14-12-23)19-9-5-17(6-10-19)22-20(25)15-1-2-15/h3-10,15H,1-2,11-14H2,(H,22,25). The third-order valence-corrected chi connectivity index (χ3v) is 4.92. The van der Waals surface area contributed by atoms with E-state index in [0.29, 0.717) is 0 Å². The number of piperazine rings is 1. The van der Waals surface area contributed by atoms with E-state index in [-0.39, 0.29) is 17.6 Å². The molecule has 0 atom stereocenters. The zero-order valence-electron chi connectivity index (χ0n) is 14.1. The normalized spacial score (nSPS) is 17.5. The van der Waals surface area contributed by atoms with E-state index >= 15 is 0 Å². The first-order chi connectivity index (χ1) is 12.2. The van der Waals surface area contributed by atoms with E-state index in [0.717, 1.165) is 50.4 Å². The van der Waals surface area contributed by atoms with Gasteiger partial charge < -0.3 is 15.1 Å². The second-order valence-electron chi connectivity index (χ2n) is 6.76. The molecule has 1 N–H and O–H groups in total. The van der Waals surface area contributed by atoms with Crippen molar-refractivity contribution < 1.29 is 9.18 Å². The lowest BCUT2D eigenvalue weighted by molar-refractivity contribution is -0.117. The Morgan fingerprint density at radius 1 is 0.840 bits per heavy atom. The zero-order valence-corrected chi connectivity index (χ0v) is 14.1. The molecule has 5 heteroatoms. The fourth-order valence-electron chi connectivity index (χ4n) is 3.22. The van der Waals surface area contributed by atoms with Crippen molar-refractivity contribution in [3.05, 3.63) is 54.3 Å². The summed E-state index contributed by atoms with van der Waals surface area (Å²) < 4.78 is 13.0. The monoisotopic (exact) mass is 339 g/mol. The van der Waals surface area contributed by atoms with Crippen LogP contribution >= 0.6 is 0 Å². The molecule has 0 spiro atoms. The smallest absolute Gasteiger partial charge is 0.227 e. The number of carbonyl (C=O) groups is 1. The minimum atomic E-state index is -0.198. The largest absolute Gasteiger partial charge is 0.368 e. The van der Waals surface area contributed by atoms with Crippen LogP contribution in [0.5, 0.6) is 0 Å². The minimum Gasteiger partial charge on any atom is -0.368 e. The highest BCUT2D eigenvalue weighted by molar-refractivity contribution is 5.94. The van der Waals surface area contributed by atoms with E-state index in [1.54, 1.807) is 0 Å². The van der Waals surface area contributed by atoms with Gasteiger partial charge in [0.15, 0.2) is 0 Å². The predicted molar refractivity (Wildman–Crippen MR) is 98.6 cm³/mol. The van der Waals surface area contributed by atoms with Crippen LogP contribution in [0.2, 0.25) is 0 Å². The van der Waals surface area contributed by atoms with Crippen LogP contribution in [0, 0.1) is 11.7 Å². The molecule has 0 unspecified atom stereocenters. The van der Waals surface area contributed by atoms with Crippen LogP contribution in [0.25, 0.3) is 0 Å². The van der Waals surface area contributed by atoms with Gasteiger partial charge >= 0.3 is 0 Å². The number of hydrogen-bond acceptors (Lipinski definition) is 3. The molecule has 1 amide bonds. The van der Waals surface area contributed by atoms with Crippen LogP contribution in [0.1, 0.15) is 12.8 Å². The molecule has 2 fully saturated rings. The summed E-state index contributed by atoms with van der Waals surface area (Å²) in [5, 5.41) is 2.97. The zero-order chi connectivity index (χ0) is 17.2. The van der Waals surface area contributed by atoms with Gasteiger partial charge in [-0.25, -0.2) is 4.39 Å². The second-order valence-corrected chi connectivity index (χ2v) is 6.76. The molecular formula is C20H22FN3O. The van der Waals surface area contributed by atoms with Gasteiger partial charge in [0.25, 0.3) is 0 Å². The molecule has 2 aliphatic rings. The van der Waals surface area contributed by atoms with Crippen LogP contribution in [0.15, 0.2) is 48.5 Å². The Morgan fingerprint density at radius 3 is 1.80 bits per heavy atom. The molecule has 1 aliphatic carbocycles. The van der Waals surface area contributed by atoms with E-state index in [1.807, 2.05) is 24.3 Å². The summed E-state index contributed by atoms with van der Waals surface area (Å²) in [5.41, 5.74) is 3.10. The molecule has 1 aliphatic heterocycles. The number of hydrogen-bond donors (Lipinski definition) is 1. The van der Waals surface area contributed by atoms with Crippen molar-refractivity contribution in [3.8, 4) is 0 Å². The number of halogens is 1. The van der Waals surface area contributed by atoms with Crippen molar-refractivity contribution in [2.24, 2.45) is 5.92 Å².